The molecule has 0 fully saturated rings. The number of rotatable bonds is 3. The number of nitrogens with one attached hydrogen (secondary N) is 2. The van der Waals surface area contributed by atoms with Gasteiger partial charge in [-0.1, -0.05) is 31.2 Å². The predicted molar refractivity (Wildman–Crippen MR) is 68.3 cm³/mol. The summed E-state index contributed by atoms with van der Waals surface area (Å²) in [5.74, 6) is 0.379. The molecule has 0 atom stereocenters. The fourth-order valence-electron chi connectivity index (χ4n) is 1.10. The van der Waals surface area contributed by atoms with Gasteiger partial charge in [0.25, 0.3) is 0 Å². The largest absolute Gasteiger partial charge is 0.394 e. The van der Waals surface area contributed by atoms with Crippen LogP contribution in [0.2, 0.25) is 24.8 Å². The Morgan fingerprint density at radius 3 is 2.50 bits per heavy atom. The predicted octanol–water partition coefficient (Wildman–Crippen LogP) is 2.34. The highest BCUT2D eigenvalue weighted by Gasteiger charge is 2.18. The average molecular weight is 259 g/mol. The number of nitrogens with zero attached hydrogens (tertiary/aromatic N) is 2. The van der Waals surface area contributed by atoms with Gasteiger partial charge in [-0.3, -0.25) is 4.79 Å². The van der Waals surface area contributed by atoms with E-state index < -0.39 is 8.24 Å². The van der Waals surface area contributed by atoms with Gasteiger partial charge in [-0.05, 0) is 0 Å². The monoisotopic (exact) mass is 258 g/mol. The lowest BCUT2D eigenvalue weighted by Crippen LogP contribution is -2.33. The lowest BCUT2D eigenvalue weighted by atomic mass is 10.4. The van der Waals surface area contributed by atoms with Crippen LogP contribution in [0, 0.1) is 0 Å². The van der Waals surface area contributed by atoms with E-state index in [4.69, 9.17) is 11.6 Å². The standard InChI is InChI=1S/C9H15ClN4OSi/c1-6(15)13-7-8(10)11-5-12-9(7)14-16(2,3)4/h5H,1-4H3,(H,13,15)(H,11,12,14). The molecule has 16 heavy (non-hydrogen) atoms. The van der Waals surface area contributed by atoms with Crippen LogP contribution >= 0.6 is 11.6 Å². The van der Waals surface area contributed by atoms with E-state index >= 15 is 0 Å². The van der Waals surface area contributed by atoms with Crippen LogP contribution < -0.4 is 10.3 Å². The first-order chi connectivity index (χ1) is 7.29. The molecule has 0 bridgehead atoms. The number of anilines is 2. The van der Waals surface area contributed by atoms with E-state index in [0.717, 1.165) is 0 Å². The van der Waals surface area contributed by atoms with Crippen LogP contribution in [0.3, 0.4) is 0 Å². The molecule has 7 heteroatoms. The van der Waals surface area contributed by atoms with E-state index in [-0.39, 0.29) is 11.1 Å². The first kappa shape index (κ1) is 12.9. The molecule has 0 spiro atoms. The van der Waals surface area contributed by atoms with Gasteiger partial charge in [0.2, 0.25) is 5.91 Å². The molecule has 0 aliphatic rings. The van der Waals surface area contributed by atoms with Gasteiger partial charge < -0.3 is 10.3 Å². The fourth-order valence-corrected chi connectivity index (χ4v) is 2.18. The second-order valence-corrected chi connectivity index (χ2v) is 9.55. The van der Waals surface area contributed by atoms with Gasteiger partial charge >= 0.3 is 0 Å². The second-order valence-electron chi connectivity index (χ2n) is 4.44. The van der Waals surface area contributed by atoms with Crippen LogP contribution in [0.15, 0.2) is 6.33 Å². The third kappa shape index (κ3) is 3.78. The summed E-state index contributed by atoms with van der Waals surface area (Å²) in [4.78, 5) is 22.3. The Kier molecular flexibility index (Phi) is 3.87. The third-order valence-electron chi connectivity index (χ3n) is 1.60. The maximum atomic E-state index is 11.0. The van der Waals surface area contributed by atoms with Crippen molar-refractivity contribution in [2.75, 3.05) is 10.3 Å². The minimum Gasteiger partial charge on any atom is -0.394 e. The van der Waals surface area contributed by atoms with Crippen LogP contribution in [0.5, 0.6) is 0 Å². The normalized spacial score (nSPS) is 11.1. The Hall–Kier alpha value is -1.14. The Bertz CT molecular complexity index is 405. The quantitative estimate of drug-likeness (QED) is 0.645. The van der Waals surface area contributed by atoms with Crippen molar-refractivity contribution in [3.8, 4) is 0 Å². The Labute approximate surface area is 101 Å². The number of aromatic nitrogens is 2. The lowest BCUT2D eigenvalue weighted by molar-refractivity contribution is -0.114. The second kappa shape index (κ2) is 4.79. The van der Waals surface area contributed by atoms with E-state index in [1.807, 2.05) is 0 Å². The summed E-state index contributed by atoms with van der Waals surface area (Å²) < 4.78 is 0. The number of carbonyl (C=O) groups is 1. The van der Waals surface area contributed by atoms with Gasteiger partial charge in [-0.2, -0.15) is 0 Å². The molecule has 1 heterocycles. The highest BCUT2D eigenvalue weighted by atomic mass is 35.5. The molecule has 0 unspecified atom stereocenters. The number of carbonyl (C=O) groups excluding carboxylic acids is 1. The zero-order chi connectivity index (χ0) is 12.3. The van der Waals surface area contributed by atoms with Crippen LogP contribution in [0.25, 0.3) is 0 Å². The van der Waals surface area contributed by atoms with Gasteiger partial charge in [-0.25, -0.2) is 9.97 Å². The zero-order valence-electron chi connectivity index (χ0n) is 9.76. The maximum Gasteiger partial charge on any atom is 0.221 e. The van der Waals surface area contributed by atoms with Crippen LogP contribution in [-0.4, -0.2) is 24.1 Å². The van der Waals surface area contributed by atoms with Crippen molar-refractivity contribution in [2.24, 2.45) is 0 Å². The topological polar surface area (TPSA) is 66.9 Å². The van der Waals surface area contributed by atoms with Crippen molar-refractivity contribution >= 4 is 37.2 Å². The van der Waals surface area contributed by atoms with Crippen LogP contribution in [0.4, 0.5) is 11.5 Å². The first-order valence-corrected chi connectivity index (χ1v) is 8.73. The van der Waals surface area contributed by atoms with Gasteiger partial charge in [0, 0.05) is 6.92 Å². The molecule has 0 saturated heterocycles. The van der Waals surface area contributed by atoms with Gasteiger partial charge in [0.05, 0.1) is 0 Å². The summed E-state index contributed by atoms with van der Waals surface area (Å²) in [6.45, 7) is 7.79. The third-order valence-corrected chi connectivity index (χ3v) is 2.87. The molecule has 1 aromatic heterocycles. The minimum atomic E-state index is -1.55. The molecule has 0 aromatic carbocycles. The Morgan fingerprint density at radius 1 is 1.38 bits per heavy atom. The molecule has 0 radical (unpaired) electrons. The summed E-state index contributed by atoms with van der Waals surface area (Å²) in [7, 11) is -1.55. The van der Waals surface area contributed by atoms with Gasteiger partial charge in [0.1, 0.15) is 26.1 Å². The van der Waals surface area contributed by atoms with Crippen molar-refractivity contribution in [1.82, 2.24) is 9.97 Å². The molecular weight excluding hydrogens is 244 g/mol. The van der Waals surface area contributed by atoms with Crippen LogP contribution in [-0.2, 0) is 4.79 Å². The van der Waals surface area contributed by atoms with E-state index in [1.54, 1.807) is 0 Å². The number of hydrogen-bond acceptors (Lipinski definition) is 4. The molecule has 1 aromatic rings. The van der Waals surface area contributed by atoms with E-state index in [0.29, 0.717) is 11.5 Å². The summed E-state index contributed by atoms with van der Waals surface area (Å²) in [5, 5.41) is 2.87. The molecule has 88 valence electrons. The fraction of sp³-hybridized carbons (Fsp3) is 0.444. The van der Waals surface area contributed by atoms with Crippen molar-refractivity contribution < 1.29 is 4.79 Å². The van der Waals surface area contributed by atoms with Crippen molar-refractivity contribution in [2.45, 2.75) is 26.6 Å². The molecule has 5 nitrogen and oxygen atoms in total. The van der Waals surface area contributed by atoms with Crippen LogP contribution in [0.1, 0.15) is 6.92 Å². The van der Waals surface area contributed by atoms with E-state index in [1.165, 1.54) is 13.3 Å². The zero-order valence-corrected chi connectivity index (χ0v) is 11.5. The van der Waals surface area contributed by atoms with E-state index in [2.05, 4.69) is 39.9 Å². The molecule has 0 aliphatic heterocycles. The Morgan fingerprint density at radius 2 is 2.00 bits per heavy atom. The summed E-state index contributed by atoms with van der Waals surface area (Å²) in [6.07, 6.45) is 1.37. The highest BCUT2D eigenvalue weighted by molar-refractivity contribution is 6.79. The van der Waals surface area contributed by atoms with Gasteiger partial charge in [-0.15, -0.1) is 0 Å². The number of amides is 1. The van der Waals surface area contributed by atoms with Gasteiger partial charge in [0.15, 0.2) is 5.15 Å². The van der Waals surface area contributed by atoms with Crippen molar-refractivity contribution in [3.63, 3.8) is 0 Å². The van der Waals surface area contributed by atoms with E-state index in [9.17, 15) is 4.79 Å². The number of halogens is 1. The van der Waals surface area contributed by atoms with Crippen molar-refractivity contribution in [1.29, 1.82) is 0 Å². The lowest BCUT2D eigenvalue weighted by Gasteiger charge is -2.21. The molecule has 2 N–H and O–H groups in total. The molecule has 0 saturated carbocycles. The molecule has 1 amide bonds. The van der Waals surface area contributed by atoms with Crippen molar-refractivity contribution in [3.05, 3.63) is 11.5 Å². The highest BCUT2D eigenvalue weighted by Crippen LogP contribution is 2.27. The summed E-state index contributed by atoms with van der Waals surface area (Å²) >= 11 is 5.91. The minimum absolute atomic E-state index is 0.199. The maximum absolute atomic E-state index is 11.0. The molecule has 1 rings (SSSR count). The summed E-state index contributed by atoms with van der Waals surface area (Å²) in [5.41, 5.74) is 0.444. The number of hydrogen-bond donors (Lipinski definition) is 2. The molecular formula is C9H15ClN4OSi. The smallest absolute Gasteiger partial charge is 0.221 e. The Balaban J connectivity index is 3.07. The first-order valence-electron chi connectivity index (χ1n) is 4.86. The SMILES string of the molecule is CC(=O)Nc1c(Cl)ncnc1N[Si](C)(C)C. The average Bonchev–Trinajstić information content (AvgIpc) is 2.08. The molecule has 0 aliphatic carbocycles. The summed E-state index contributed by atoms with van der Waals surface area (Å²) in [6, 6.07) is 0.